The molecule has 21 heavy (non-hydrogen) atoms. The number of hydrogen-bond acceptors (Lipinski definition) is 5. The van der Waals surface area contributed by atoms with Crippen molar-refractivity contribution in [3.05, 3.63) is 10.4 Å². The van der Waals surface area contributed by atoms with Gasteiger partial charge in [-0.15, -0.1) is 11.3 Å². The van der Waals surface area contributed by atoms with Gasteiger partial charge in [0.1, 0.15) is 16.6 Å². The average Bonchev–Trinajstić information content (AvgIpc) is 3.24. The summed E-state index contributed by atoms with van der Waals surface area (Å²) in [6.45, 7) is 6.49. The summed E-state index contributed by atoms with van der Waals surface area (Å²) in [5.74, 6) is 0.863. The van der Waals surface area contributed by atoms with E-state index in [9.17, 15) is 10.1 Å². The van der Waals surface area contributed by atoms with Crippen LogP contribution in [0.2, 0.25) is 0 Å². The number of hydrogen-bond donors (Lipinski definition) is 2. The Kier molecular flexibility index (Phi) is 4.89. The molecule has 0 aromatic carbocycles. The molecular weight excluding hydrogens is 282 g/mol. The fourth-order valence-electron chi connectivity index (χ4n) is 2.42. The number of carbonyl (C=O) groups is 1. The Balaban J connectivity index is 2.17. The highest BCUT2D eigenvalue weighted by atomic mass is 32.1. The SMILES string of the molecule is CCC(C)CC(C)Nc1sc(C(=O)C2CC2)c(N)c1C#N. The second-order valence-corrected chi connectivity index (χ2v) is 7.11. The fourth-order valence-corrected chi connectivity index (χ4v) is 3.62. The summed E-state index contributed by atoms with van der Waals surface area (Å²) in [5, 5.41) is 13.4. The molecule has 0 amide bonds. The van der Waals surface area contributed by atoms with E-state index in [-0.39, 0.29) is 17.7 Å². The maximum absolute atomic E-state index is 12.2. The van der Waals surface area contributed by atoms with Gasteiger partial charge >= 0.3 is 0 Å². The summed E-state index contributed by atoms with van der Waals surface area (Å²) in [4.78, 5) is 12.8. The molecular formula is C16H23N3OS. The molecule has 1 fully saturated rings. The summed E-state index contributed by atoms with van der Waals surface area (Å²) in [6, 6.07) is 2.40. The van der Waals surface area contributed by atoms with Gasteiger partial charge < -0.3 is 11.1 Å². The van der Waals surface area contributed by atoms with Crippen LogP contribution in [0.5, 0.6) is 0 Å². The maximum atomic E-state index is 12.2. The molecule has 1 heterocycles. The molecule has 2 atom stereocenters. The summed E-state index contributed by atoms with van der Waals surface area (Å²) in [7, 11) is 0. The lowest BCUT2D eigenvalue weighted by molar-refractivity contribution is 0.0972. The van der Waals surface area contributed by atoms with E-state index in [4.69, 9.17) is 5.73 Å². The molecule has 3 N–H and O–H groups in total. The van der Waals surface area contributed by atoms with Crippen molar-refractivity contribution in [2.75, 3.05) is 11.1 Å². The lowest BCUT2D eigenvalue weighted by Crippen LogP contribution is -2.18. The molecule has 5 heteroatoms. The van der Waals surface area contributed by atoms with Gasteiger partial charge in [0.15, 0.2) is 5.78 Å². The smallest absolute Gasteiger partial charge is 0.178 e. The largest absolute Gasteiger partial charge is 0.396 e. The molecule has 0 bridgehead atoms. The van der Waals surface area contributed by atoms with Crippen molar-refractivity contribution in [2.24, 2.45) is 11.8 Å². The Morgan fingerprint density at radius 1 is 1.52 bits per heavy atom. The maximum Gasteiger partial charge on any atom is 0.178 e. The van der Waals surface area contributed by atoms with Gasteiger partial charge in [0.05, 0.1) is 10.6 Å². The van der Waals surface area contributed by atoms with Gasteiger partial charge in [-0.2, -0.15) is 5.26 Å². The van der Waals surface area contributed by atoms with E-state index in [0.717, 1.165) is 30.7 Å². The number of Topliss-reactive ketones (excluding diaryl/α,β-unsaturated/α-hetero) is 1. The fraction of sp³-hybridized carbons (Fsp3) is 0.625. The number of nitriles is 1. The minimum absolute atomic E-state index is 0.108. The minimum atomic E-state index is 0.108. The van der Waals surface area contributed by atoms with Crippen LogP contribution >= 0.6 is 11.3 Å². The Bertz CT molecular complexity index is 569. The van der Waals surface area contributed by atoms with Crippen molar-refractivity contribution in [2.45, 2.75) is 52.5 Å². The van der Waals surface area contributed by atoms with Crippen LogP contribution in [0, 0.1) is 23.2 Å². The molecule has 2 rings (SSSR count). The first-order valence-corrected chi connectivity index (χ1v) is 8.42. The van der Waals surface area contributed by atoms with Gasteiger partial charge in [0.2, 0.25) is 0 Å². The topological polar surface area (TPSA) is 78.9 Å². The second kappa shape index (κ2) is 6.48. The number of nitrogen functional groups attached to an aromatic ring is 1. The van der Waals surface area contributed by atoms with Gasteiger partial charge in [-0.1, -0.05) is 20.3 Å². The minimum Gasteiger partial charge on any atom is -0.396 e. The molecule has 1 saturated carbocycles. The third-order valence-corrected chi connectivity index (χ3v) is 5.21. The normalized spacial score (nSPS) is 17.0. The number of nitrogens with two attached hydrogens (primary N) is 1. The van der Waals surface area contributed by atoms with E-state index in [1.165, 1.54) is 11.3 Å². The Labute approximate surface area is 130 Å². The predicted octanol–water partition coefficient (Wildman–Crippen LogP) is 4.03. The van der Waals surface area contributed by atoms with Crippen molar-refractivity contribution >= 4 is 27.8 Å². The van der Waals surface area contributed by atoms with Gasteiger partial charge in [-0.3, -0.25) is 4.79 Å². The highest BCUT2D eigenvalue weighted by molar-refractivity contribution is 7.19. The zero-order valence-corrected chi connectivity index (χ0v) is 13.7. The van der Waals surface area contributed by atoms with E-state index in [1.54, 1.807) is 0 Å². The van der Waals surface area contributed by atoms with Crippen LogP contribution in [0.25, 0.3) is 0 Å². The number of nitrogens with zero attached hydrogens (tertiary/aromatic N) is 1. The average molecular weight is 305 g/mol. The van der Waals surface area contributed by atoms with Crippen LogP contribution in [0.3, 0.4) is 0 Å². The standard InChI is InChI=1S/C16H23N3OS/c1-4-9(2)7-10(3)19-16-12(8-17)13(18)15(21-16)14(20)11-5-6-11/h9-11,19H,4-7,18H2,1-3H3. The molecule has 0 aliphatic heterocycles. The number of carbonyl (C=O) groups excluding carboxylic acids is 1. The van der Waals surface area contributed by atoms with Gasteiger partial charge in [0, 0.05) is 12.0 Å². The highest BCUT2D eigenvalue weighted by Crippen LogP contribution is 2.41. The summed E-state index contributed by atoms with van der Waals surface area (Å²) < 4.78 is 0. The zero-order chi connectivity index (χ0) is 15.6. The number of thiophene rings is 1. The monoisotopic (exact) mass is 305 g/mol. The third kappa shape index (κ3) is 3.56. The van der Waals surface area contributed by atoms with Crippen LogP contribution in [0.15, 0.2) is 0 Å². The van der Waals surface area contributed by atoms with Crippen molar-refractivity contribution in [3.8, 4) is 6.07 Å². The molecule has 0 spiro atoms. The van der Waals surface area contributed by atoms with Crippen LogP contribution in [0.4, 0.5) is 10.7 Å². The number of ketones is 1. The molecule has 1 aromatic rings. The van der Waals surface area contributed by atoms with Gasteiger partial charge in [-0.05, 0) is 32.1 Å². The van der Waals surface area contributed by atoms with E-state index in [0.29, 0.717) is 22.0 Å². The lowest BCUT2D eigenvalue weighted by atomic mass is 10.0. The predicted molar refractivity (Wildman–Crippen MR) is 87.7 cm³/mol. The van der Waals surface area contributed by atoms with Crippen molar-refractivity contribution in [1.82, 2.24) is 0 Å². The molecule has 1 aromatic heterocycles. The lowest BCUT2D eigenvalue weighted by Gasteiger charge is -2.17. The quantitative estimate of drug-likeness (QED) is 0.745. The van der Waals surface area contributed by atoms with Gasteiger partial charge in [0.25, 0.3) is 0 Å². The second-order valence-electron chi connectivity index (χ2n) is 6.09. The summed E-state index contributed by atoms with van der Waals surface area (Å²) >= 11 is 1.34. The Morgan fingerprint density at radius 2 is 2.19 bits per heavy atom. The van der Waals surface area contributed by atoms with E-state index in [1.807, 2.05) is 0 Å². The first-order chi connectivity index (χ1) is 9.97. The van der Waals surface area contributed by atoms with Crippen LogP contribution in [-0.4, -0.2) is 11.8 Å². The molecule has 1 aliphatic rings. The number of anilines is 2. The highest BCUT2D eigenvalue weighted by Gasteiger charge is 2.34. The summed E-state index contributed by atoms with van der Waals surface area (Å²) in [5.41, 5.74) is 6.80. The molecule has 1 aliphatic carbocycles. The van der Waals surface area contributed by atoms with E-state index >= 15 is 0 Å². The Morgan fingerprint density at radius 3 is 2.71 bits per heavy atom. The third-order valence-electron chi connectivity index (χ3n) is 4.06. The molecule has 0 saturated heterocycles. The van der Waals surface area contributed by atoms with Crippen LogP contribution < -0.4 is 11.1 Å². The van der Waals surface area contributed by atoms with Crippen molar-refractivity contribution in [3.63, 3.8) is 0 Å². The van der Waals surface area contributed by atoms with Gasteiger partial charge in [-0.25, -0.2) is 0 Å². The molecule has 2 unspecified atom stereocenters. The Hall–Kier alpha value is -1.54. The molecule has 0 radical (unpaired) electrons. The molecule has 114 valence electrons. The van der Waals surface area contributed by atoms with E-state index < -0.39 is 0 Å². The van der Waals surface area contributed by atoms with Crippen LogP contribution in [0.1, 0.15) is 61.7 Å². The van der Waals surface area contributed by atoms with Crippen molar-refractivity contribution in [1.29, 1.82) is 5.26 Å². The molecule has 4 nitrogen and oxygen atoms in total. The number of rotatable bonds is 7. The summed E-state index contributed by atoms with van der Waals surface area (Å²) in [6.07, 6.45) is 4.07. The van der Waals surface area contributed by atoms with Crippen molar-refractivity contribution < 1.29 is 4.79 Å². The zero-order valence-electron chi connectivity index (χ0n) is 12.9. The number of nitrogens with one attached hydrogen (secondary N) is 1. The first-order valence-electron chi connectivity index (χ1n) is 7.61. The first kappa shape index (κ1) is 15.8. The van der Waals surface area contributed by atoms with Crippen LogP contribution in [-0.2, 0) is 0 Å². The van der Waals surface area contributed by atoms with E-state index in [2.05, 4.69) is 32.2 Å².